The number of nitrogens with one attached hydrogen (secondary N) is 1. The van der Waals surface area contributed by atoms with E-state index in [1.165, 1.54) is 0 Å². The van der Waals surface area contributed by atoms with E-state index >= 15 is 0 Å². The maximum absolute atomic E-state index is 11.6. The highest BCUT2D eigenvalue weighted by atomic mass is 16.5. The predicted octanol–water partition coefficient (Wildman–Crippen LogP) is 3.22. The van der Waals surface area contributed by atoms with Crippen molar-refractivity contribution in [3.8, 4) is 11.8 Å². The predicted molar refractivity (Wildman–Crippen MR) is 103 cm³/mol. The first-order chi connectivity index (χ1) is 13.1. The quantitative estimate of drug-likeness (QED) is 0.860. The summed E-state index contributed by atoms with van der Waals surface area (Å²) in [6, 6.07) is 11.2. The largest absolute Gasteiger partial charge is 0.497 e. The minimum absolute atomic E-state index is 0.157. The number of likely N-dealkylation sites (tertiary alicyclic amines) is 1. The zero-order valence-corrected chi connectivity index (χ0v) is 16.2. The van der Waals surface area contributed by atoms with Crippen molar-refractivity contribution in [1.29, 1.82) is 5.26 Å². The van der Waals surface area contributed by atoms with Gasteiger partial charge >= 0.3 is 6.09 Å². The van der Waals surface area contributed by atoms with Gasteiger partial charge in [0.05, 0.1) is 25.2 Å². The molecule has 1 saturated heterocycles. The van der Waals surface area contributed by atoms with E-state index < -0.39 is 5.41 Å². The molecule has 146 valence electrons. The average Bonchev–Trinajstić information content (AvgIpc) is 3.16. The first-order valence-electron chi connectivity index (χ1n) is 9.83. The second kappa shape index (κ2) is 8.62. The SMILES string of the molecule is CCOC(=O)N[C@H]1CCN(C2CCC(C#N)(c3cccc(OC)c3)CC2)C1. The number of nitriles is 1. The van der Waals surface area contributed by atoms with Gasteiger partial charge in [0.2, 0.25) is 0 Å². The van der Waals surface area contributed by atoms with Gasteiger partial charge in [-0.2, -0.15) is 5.26 Å². The minimum Gasteiger partial charge on any atom is -0.497 e. The van der Waals surface area contributed by atoms with Crippen molar-refractivity contribution in [1.82, 2.24) is 10.2 Å². The van der Waals surface area contributed by atoms with Gasteiger partial charge < -0.3 is 14.8 Å². The van der Waals surface area contributed by atoms with Crippen molar-refractivity contribution >= 4 is 6.09 Å². The Bertz CT molecular complexity index is 692. The van der Waals surface area contributed by atoms with Crippen molar-refractivity contribution < 1.29 is 14.3 Å². The summed E-state index contributed by atoms with van der Waals surface area (Å²) in [5, 5.41) is 12.9. The molecular formula is C21H29N3O3. The molecule has 6 nitrogen and oxygen atoms in total. The summed E-state index contributed by atoms with van der Waals surface area (Å²) in [7, 11) is 1.66. The van der Waals surface area contributed by atoms with Gasteiger partial charge in [0, 0.05) is 25.2 Å². The Labute approximate surface area is 161 Å². The fourth-order valence-corrected chi connectivity index (χ4v) is 4.42. The van der Waals surface area contributed by atoms with Crippen LogP contribution in [-0.2, 0) is 10.2 Å². The molecule has 1 N–H and O–H groups in total. The van der Waals surface area contributed by atoms with E-state index in [0.717, 1.165) is 56.5 Å². The highest BCUT2D eigenvalue weighted by molar-refractivity contribution is 5.67. The average molecular weight is 371 g/mol. The Hall–Kier alpha value is -2.26. The Morgan fingerprint density at radius 1 is 1.37 bits per heavy atom. The van der Waals surface area contributed by atoms with Crippen molar-refractivity contribution in [2.75, 3.05) is 26.8 Å². The summed E-state index contributed by atoms with van der Waals surface area (Å²) in [5.74, 6) is 0.802. The van der Waals surface area contributed by atoms with Crippen LogP contribution in [0.4, 0.5) is 4.79 Å². The van der Waals surface area contributed by atoms with Gasteiger partial charge in [-0.3, -0.25) is 4.90 Å². The normalized spacial score (nSPS) is 28.3. The maximum atomic E-state index is 11.6. The van der Waals surface area contributed by atoms with Crippen LogP contribution in [0.25, 0.3) is 0 Å². The van der Waals surface area contributed by atoms with Gasteiger partial charge in [0.25, 0.3) is 0 Å². The first kappa shape index (κ1) is 19.5. The van der Waals surface area contributed by atoms with Gasteiger partial charge in [0.1, 0.15) is 5.75 Å². The maximum Gasteiger partial charge on any atom is 0.407 e. The van der Waals surface area contributed by atoms with E-state index in [2.05, 4.69) is 16.3 Å². The smallest absolute Gasteiger partial charge is 0.407 e. The lowest BCUT2D eigenvalue weighted by Crippen LogP contribution is -2.43. The van der Waals surface area contributed by atoms with E-state index in [1.54, 1.807) is 7.11 Å². The molecule has 2 aliphatic rings. The molecule has 1 aliphatic heterocycles. The third-order valence-electron chi connectivity index (χ3n) is 5.98. The van der Waals surface area contributed by atoms with E-state index in [0.29, 0.717) is 12.6 Å². The van der Waals surface area contributed by atoms with Crippen LogP contribution in [-0.4, -0.2) is 49.9 Å². The molecule has 1 amide bonds. The van der Waals surface area contributed by atoms with E-state index in [9.17, 15) is 10.1 Å². The molecule has 0 aromatic heterocycles. The highest BCUT2D eigenvalue weighted by Crippen LogP contribution is 2.41. The zero-order chi connectivity index (χ0) is 19.3. The summed E-state index contributed by atoms with van der Waals surface area (Å²) in [5.41, 5.74) is 0.638. The third kappa shape index (κ3) is 4.36. The van der Waals surface area contributed by atoms with Crippen molar-refractivity contribution in [2.45, 2.75) is 56.5 Å². The molecule has 27 heavy (non-hydrogen) atoms. The van der Waals surface area contributed by atoms with Crippen LogP contribution in [0, 0.1) is 11.3 Å². The number of benzene rings is 1. The van der Waals surface area contributed by atoms with E-state index in [4.69, 9.17) is 9.47 Å². The summed E-state index contributed by atoms with van der Waals surface area (Å²) < 4.78 is 10.3. The number of alkyl carbamates (subject to hydrolysis) is 1. The number of carbonyl (C=O) groups excluding carboxylic acids is 1. The summed E-state index contributed by atoms with van der Waals surface area (Å²) in [4.78, 5) is 14.1. The number of amides is 1. The summed E-state index contributed by atoms with van der Waals surface area (Å²) in [6.45, 7) is 4.06. The molecule has 1 aliphatic carbocycles. The van der Waals surface area contributed by atoms with Crippen molar-refractivity contribution in [3.63, 3.8) is 0 Å². The van der Waals surface area contributed by atoms with E-state index in [1.807, 2.05) is 31.2 Å². The van der Waals surface area contributed by atoms with E-state index in [-0.39, 0.29) is 12.1 Å². The minimum atomic E-state index is -0.423. The number of hydrogen-bond donors (Lipinski definition) is 1. The van der Waals surface area contributed by atoms with Gasteiger partial charge in [-0.25, -0.2) is 4.79 Å². The van der Waals surface area contributed by atoms with Gasteiger partial charge in [-0.15, -0.1) is 0 Å². The molecule has 1 saturated carbocycles. The molecular weight excluding hydrogens is 342 g/mol. The second-order valence-electron chi connectivity index (χ2n) is 7.50. The Morgan fingerprint density at radius 3 is 2.81 bits per heavy atom. The topological polar surface area (TPSA) is 74.6 Å². The molecule has 6 heteroatoms. The standard InChI is InChI=1S/C21H29N3O3/c1-3-27-20(25)23-17-9-12-24(14-17)18-7-10-21(15-22,11-8-18)16-5-4-6-19(13-16)26-2/h4-6,13,17-18H,3,7-12,14H2,1-2H3,(H,23,25)/t17-,18?,21?/m0/s1. The van der Waals surface area contributed by atoms with Gasteiger partial charge in [-0.05, 0) is 56.7 Å². The molecule has 2 fully saturated rings. The lowest BCUT2D eigenvalue weighted by atomic mass is 9.69. The molecule has 0 unspecified atom stereocenters. The van der Waals surface area contributed by atoms with Gasteiger partial charge in [-0.1, -0.05) is 12.1 Å². The molecule has 0 radical (unpaired) electrons. The molecule has 1 heterocycles. The van der Waals surface area contributed by atoms with Crippen molar-refractivity contribution in [2.24, 2.45) is 0 Å². The lowest BCUT2D eigenvalue weighted by molar-refractivity contribution is 0.143. The van der Waals surface area contributed by atoms with Crippen LogP contribution in [0.5, 0.6) is 5.75 Å². The number of ether oxygens (including phenoxy) is 2. The van der Waals surface area contributed by atoms with Crippen LogP contribution in [0.3, 0.4) is 0 Å². The lowest BCUT2D eigenvalue weighted by Gasteiger charge is -2.39. The Morgan fingerprint density at radius 2 is 2.15 bits per heavy atom. The third-order valence-corrected chi connectivity index (χ3v) is 5.98. The van der Waals surface area contributed by atoms with Crippen LogP contribution in [0.15, 0.2) is 24.3 Å². The van der Waals surface area contributed by atoms with Crippen LogP contribution in [0.2, 0.25) is 0 Å². The monoisotopic (exact) mass is 371 g/mol. The number of nitrogens with zero attached hydrogens (tertiary/aromatic N) is 2. The molecule has 1 atom stereocenters. The number of methoxy groups -OCH3 is 1. The molecule has 0 bridgehead atoms. The van der Waals surface area contributed by atoms with Crippen LogP contribution < -0.4 is 10.1 Å². The van der Waals surface area contributed by atoms with Crippen molar-refractivity contribution in [3.05, 3.63) is 29.8 Å². The number of hydrogen-bond acceptors (Lipinski definition) is 5. The number of rotatable bonds is 5. The second-order valence-corrected chi connectivity index (χ2v) is 7.50. The fourth-order valence-electron chi connectivity index (χ4n) is 4.42. The Kier molecular flexibility index (Phi) is 6.22. The van der Waals surface area contributed by atoms with Crippen LogP contribution in [0.1, 0.15) is 44.6 Å². The first-order valence-corrected chi connectivity index (χ1v) is 9.83. The van der Waals surface area contributed by atoms with Crippen LogP contribution >= 0.6 is 0 Å². The molecule has 1 aromatic carbocycles. The summed E-state index contributed by atoms with van der Waals surface area (Å²) >= 11 is 0. The molecule has 3 rings (SSSR count). The highest BCUT2D eigenvalue weighted by Gasteiger charge is 2.40. The fraction of sp³-hybridized carbons (Fsp3) is 0.619. The zero-order valence-electron chi connectivity index (χ0n) is 16.2. The molecule has 1 aromatic rings. The van der Waals surface area contributed by atoms with Gasteiger partial charge in [0.15, 0.2) is 0 Å². The summed E-state index contributed by atoms with van der Waals surface area (Å²) in [6.07, 6.45) is 4.33. The molecule has 0 spiro atoms. The number of carbonyl (C=O) groups is 1. The Balaban J connectivity index is 1.58.